The molecule has 0 radical (unpaired) electrons. The molecule has 0 spiro atoms. The summed E-state index contributed by atoms with van der Waals surface area (Å²) in [6, 6.07) is 16.6. The van der Waals surface area contributed by atoms with Crippen molar-refractivity contribution in [2.75, 3.05) is 20.3 Å². The van der Waals surface area contributed by atoms with Crippen LogP contribution in [0, 0.1) is 5.41 Å². The van der Waals surface area contributed by atoms with Crippen molar-refractivity contribution in [1.82, 2.24) is 0 Å². The van der Waals surface area contributed by atoms with Crippen molar-refractivity contribution >= 4 is 18.0 Å². The first-order valence-electron chi connectivity index (χ1n) is 10.4. The minimum atomic E-state index is -1.75. The summed E-state index contributed by atoms with van der Waals surface area (Å²) in [6.45, 7) is 5.49. The fourth-order valence-electron chi connectivity index (χ4n) is 3.97. The summed E-state index contributed by atoms with van der Waals surface area (Å²) in [5.41, 5.74) is 0.211. The summed E-state index contributed by atoms with van der Waals surface area (Å²) in [7, 11) is 1.58. The largest absolute Gasteiger partial charge is 0.497 e. The smallest absolute Gasteiger partial charge is 0.330 e. The fraction of sp³-hybridized carbons (Fsp3) is 0.360. The maximum absolute atomic E-state index is 13.5. The lowest BCUT2D eigenvalue weighted by Gasteiger charge is -2.30. The van der Waals surface area contributed by atoms with Crippen LogP contribution >= 0.6 is 0 Å². The molecule has 1 fully saturated rings. The van der Waals surface area contributed by atoms with Crippen LogP contribution in [0.25, 0.3) is 6.08 Å². The quantitative estimate of drug-likeness (QED) is 0.486. The topological polar surface area (TPSA) is 71.1 Å². The molecule has 164 valence electrons. The predicted molar refractivity (Wildman–Crippen MR) is 116 cm³/mol. The van der Waals surface area contributed by atoms with Gasteiger partial charge in [-0.25, -0.2) is 0 Å². The minimum Gasteiger partial charge on any atom is -0.497 e. The van der Waals surface area contributed by atoms with Crippen molar-refractivity contribution in [2.45, 2.75) is 33.0 Å². The highest BCUT2D eigenvalue weighted by Gasteiger charge is 2.64. The van der Waals surface area contributed by atoms with Crippen molar-refractivity contribution in [2.24, 2.45) is 5.41 Å². The lowest BCUT2D eigenvalue weighted by atomic mass is 9.72. The molecule has 2 unspecified atom stereocenters. The van der Waals surface area contributed by atoms with Crippen LogP contribution in [0.2, 0.25) is 0 Å². The normalized spacial score (nSPS) is 21.0. The van der Waals surface area contributed by atoms with Crippen molar-refractivity contribution in [1.29, 1.82) is 0 Å². The molecule has 2 atom stereocenters. The summed E-state index contributed by atoms with van der Waals surface area (Å²) < 4.78 is 22.4. The highest BCUT2D eigenvalue weighted by molar-refractivity contribution is 6.06. The highest BCUT2D eigenvalue weighted by atomic mass is 16.6. The van der Waals surface area contributed by atoms with Crippen LogP contribution in [0.3, 0.4) is 0 Å². The summed E-state index contributed by atoms with van der Waals surface area (Å²) in [6.07, 6.45) is 0.396. The van der Waals surface area contributed by atoms with E-state index in [-0.39, 0.29) is 13.2 Å². The van der Waals surface area contributed by atoms with E-state index >= 15 is 0 Å². The Labute approximate surface area is 182 Å². The number of carbonyl (C=O) groups excluding carboxylic acids is 2. The van der Waals surface area contributed by atoms with Crippen LogP contribution in [0.1, 0.15) is 38.0 Å². The molecule has 6 heteroatoms. The first kappa shape index (κ1) is 22.6. The molecule has 0 aromatic heterocycles. The molecule has 2 aromatic rings. The Hall–Kier alpha value is -3.12. The Bertz CT molecular complexity index is 931. The van der Waals surface area contributed by atoms with Crippen LogP contribution in [0.4, 0.5) is 0 Å². The molecule has 0 N–H and O–H groups in total. The molecule has 3 rings (SSSR count). The maximum Gasteiger partial charge on any atom is 0.330 e. The van der Waals surface area contributed by atoms with Crippen molar-refractivity contribution in [3.63, 3.8) is 0 Å². The third-order valence-corrected chi connectivity index (χ3v) is 5.34. The monoisotopic (exact) mass is 424 g/mol. The molecular formula is C25H28O6. The molecule has 0 aliphatic carbocycles. The van der Waals surface area contributed by atoms with Gasteiger partial charge in [-0.15, -0.1) is 0 Å². The van der Waals surface area contributed by atoms with Gasteiger partial charge in [-0.3, -0.25) is 9.59 Å². The Morgan fingerprint density at radius 1 is 1.00 bits per heavy atom. The van der Waals surface area contributed by atoms with Gasteiger partial charge in [0.25, 0.3) is 0 Å². The minimum absolute atomic E-state index is 0.127. The number of methoxy groups -OCH3 is 1. The molecule has 1 heterocycles. The SMILES string of the molecule is CCOC(=O)C1(C(=O)OCC)/C(=C/c2cccc(OC)c2)C(C)OC1c1ccccc1. The van der Waals surface area contributed by atoms with Gasteiger partial charge in [0.1, 0.15) is 11.9 Å². The molecule has 0 amide bonds. The zero-order chi connectivity index (χ0) is 22.4. The molecule has 0 bridgehead atoms. The first-order chi connectivity index (χ1) is 15.0. The Balaban J connectivity index is 2.26. The second kappa shape index (κ2) is 9.79. The predicted octanol–water partition coefficient (Wildman–Crippen LogP) is 4.35. The Kier molecular flexibility index (Phi) is 7.13. The number of ether oxygens (including phenoxy) is 4. The van der Waals surface area contributed by atoms with E-state index < -0.39 is 29.6 Å². The molecule has 1 saturated heterocycles. The zero-order valence-electron chi connectivity index (χ0n) is 18.3. The summed E-state index contributed by atoms with van der Waals surface area (Å²) in [5, 5.41) is 0. The average Bonchev–Trinajstić information content (AvgIpc) is 3.08. The van der Waals surface area contributed by atoms with E-state index in [1.807, 2.05) is 61.5 Å². The lowest BCUT2D eigenvalue weighted by molar-refractivity contribution is -0.174. The number of esters is 2. The number of hydrogen-bond acceptors (Lipinski definition) is 6. The Morgan fingerprint density at radius 3 is 2.23 bits per heavy atom. The average molecular weight is 424 g/mol. The van der Waals surface area contributed by atoms with E-state index in [4.69, 9.17) is 18.9 Å². The van der Waals surface area contributed by atoms with Crippen molar-refractivity contribution in [3.8, 4) is 5.75 Å². The lowest BCUT2D eigenvalue weighted by Crippen LogP contribution is -2.46. The third kappa shape index (κ3) is 4.21. The van der Waals surface area contributed by atoms with Gasteiger partial charge in [-0.1, -0.05) is 48.5 Å². The second-order valence-electron chi connectivity index (χ2n) is 7.19. The van der Waals surface area contributed by atoms with Gasteiger partial charge >= 0.3 is 11.9 Å². The van der Waals surface area contributed by atoms with Gasteiger partial charge in [0.15, 0.2) is 0 Å². The van der Waals surface area contributed by atoms with Gasteiger partial charge in [0.05, 0.1) is 26.4 Å². The summed E-state index contributed by atoms with van der Waals surface area (Å²) >= 11 is 0. The molecule has 0 saturated carbocycles. The Morgan fingerprint density at radius 2 is 1.65 bits per heavy atom. The standard InChI is InChI=1S/C25H28O6/c1-5-29-23(26)25(24(27)30-6-2)21(16-18-11-10-14-20(15-18)28-4)17(3)31-22(25)19-12-8-7-9-13-19/h7-17,22H,5-6H2,1-4H3/b21-16+. The van der Waals surface area contributed by atoms with Crippen LogP contribution in [-0.4, -0.2) is 38.4 Å². The van der Waals surface area contributed by atoms with E-state index in [0.29, 0.717) is 16.9 Å². The number of hydrogen-bond donors (Lipinski definition) is 0. The van der Waals surface area contributed by atoms with Gasteiger partial charge in [-0.2, -0.15) is 0 Å². The van der Waals surface area contributed by atoms with Crippen LogP contribution in [0.5, 0.6) is 5.75 Å². The number of rotatable bonds is 7. The first-order valence-corrected chi connectivity index (χ1v) is 10.4. The molecule has 1 aliphatic heterocycles. The van der Waals surface area contributed by atoms with Crippen LogP contribution in [0.15, 0.2) is 60.2 Å². The van der Waals surface area contributed by atoms with E-state index in [9.17, 15) is 9.59 Å². The van der Waals surface area contributed by atoms with E-state index in [2.05, 4.69) is 0 Å². The van der Waals surface area contributed by atoms with Crippen LogP contribution < -0.4 is 4.74 Å². The van der Waals surface area contributed by atoms with E-state index in [1.54, 1.807) is 27.0 Å². The van der Waals surface area contributed by atoms with E-state index in [1.165, 1.54) is 0 Å². The van der Waals surface area contributed by atoms with Gasteiger partial charge < -0.3 is 18.9 Å². The third-order valence-electron chi connectivity index (χ3n) is 5.34. The van der Waals surface area contributed by atoms with Crippen LogP contribution in [-0.2, 0) is 23.8 Å². The molecule has 31 heavy (non-hydrogen) atoms. The second-order valence-corrected chi connectivity index (χ2v) is 7.19. The number of carbonyl (C=O) groups is 2. The summed E-state index contributed by atoms with van der Waals surface area (Å²) in [5.74, 6) is -0.694. The molecule has 2 aromatic carbocycles. The van der Waals surface area contributed by atoms with Gasteiger partial charge in [0, 0.05) is 0 Å². The summed E-state index contributed by atoms with van der Waals surface area (Å²) in [4.78, 5) is 26.9. The molecule has 1 aliphatic rings. The maximum atomic E-state index is 13.5. The van der Waals surface area contributed by atoms with Crippen molar-refractivity contribution in [3.05, 3.63) is 71.3 Å². The van der Waals surface area contributed by atoms with E-state index in [0.717, 1.165) is 5.56 Å². The van der Waals surface area contributed by atoms with Crippen molar-refractivity contribution < 1.29 is 28.5 Å². The van der Waals surface area contributed by atoms with Gasteiger partial charge in [-0.05, 0) is 49.6 Å². The molecule has 6 nitrogen and oxygen atoms in total. The highest BCUT2D eigenvalue weighted by Crippen LogP contribution is 2.54. The van der Waals surface area contributed by atoms with Gasteiger partial charge in [0.2, 0.25) is 5.41 Å². The fourth-order valence-corrected chi connectivity index (χ4v) is 3.97. The number of benzene rings is 2. The molecular weight excluding hydrogens is 396 g/mol. The zero-order valence-corrected chi connectivity index (χ0v) is 18.3.